The van der Waals surface area contributed by atoms with Gasteiger partial charge in [-0.1, -0.05) is 30.3 Å². The van der Waals surface area contributed by atoms with Crippen LogP contribution in [0.4, 0.5) is 30.1 Å². The molecule has 3 rings (SSSR count). The van der Waals surface area contributed by atoms with Crippen LogP contribution in [0.5, 0.6) is 0 Å². The summed E-state index contributed by atoms with van der Waals surface area (Å²) < 4.78 is 29.1. The Morgan fingerprint density at radius 1 is 1.20 bits per heavy atom. The number of benzene rings is 2. The summed E-state index contributed by atoms with van der Waals surface area (Å²) >= 11 is 0. The second kappa shape index (κ2) is 9.59. The Morgan fingerprint density at radius 3 is 2.67 bits per heavy atom. The zero-order chi connectivity index (χ0) is 21.5. The highest BCUT2D eigenvalue weighted by atomic mass is 19.1. The third-order valence-corrected chi connectivity index (χ3v) is 4.25. The summed E-state index contributed by atoms with van der Waals surface area (Å²) in [6.07, 6.45) is -2.73. The van der Waals surface area contributed by atoms with Crippen LogP contribution in [0.15, 0.2) is 48.5 Å². The molecule has 1 heterocycles. The highest BCUT2D eigenvalue weighted by molar-refractivity contribution is 5.91. The van der Waals surface area contributed by atoms with Gasteiger partial charge in [0.1, 0.15) is 18.5 Å². The lowest BCUT2D eigenvalue weighted by molar-refractivity contribution is 0.132. The van der Waals surface area contributed by atoms with Crippen molar-refractivity contribution in [3.63, 3.8) is 0 Å². The van der Waals surface area contributed by atoms with Gasteiger partial charge in [0.2, 0.25) is 0 Å². The Morgan fingerprint density at radius 2 is 1.97 bits per heavy atom. The number of alkyl carbamates (subject to hydrolysis) is 1. The average Bonchev–Trinajstić information content (AvgIpc) is 3.13. The molecule has 0 radical (unpaired) electrons. The van der Waals surface area contributed by atoms with Gasteiger partial charge in [0.15, 0.2) is 0 Å². The topological polar surface area (TPSA) is 106 Å². The molecular weight excluding hydrogens is 397 g/mol. The van der Waals surface area contributed by atoms with Crippen molar-refractivity contribution in [3.8, 4) is 0 Å². The summed E-state index contributed by atoms with van der Waals surface area (Å²) in [6, 6.07) is 13.0. The molecule has 10 heteroatoms. The summed E-state index contributed by atoms with van der Waals surface area (Å²) in [5.74, 6) is -0.743. The molecule has 1 aliphatic rings. The van der Waals surface area contributed by atoms with Crippen LogP contribution < -0.4 is 15.5 Å². The predicted octanol–water partition coefficient (Wildman–Crippen LogP) is 3.26. The van der Waals surface area contributed by atoms with Crippen molar-refractivity contribution in [1.29, 1.82) is 0 Å². The minimum atomic E-state index is -0.806. The van der Waals surface area contributed by atoms with Crippen LogP contribution in [0, 0.1) is 5.82 Å². The summed E-state index contributed by atoms with van der Waals surface area (Å²) in [6.45, 7) is 0.228. The zero-order valence-electron chi connectivity index (χ0n) is 16.1. The van der Waals surface area contributed by atoms with Crippen molar-refractivity contribution in [2.45, 2.75) is 12.7 Å². The normalized spacial score (nSPS) is 15.3. The largest absolute Gasteiger partial charge is 0.453 e. The van der Waals surface area contributed by atoms with E-state index in [1.165, 1.54) is 24.1 Å². The van der Waals surface area contributed by atoms with E-state index >= 15 is 0 Å². The number of rotatable bonds is 6. The third kappa shape index (κ3) is 5.37. The van der Waals surface area contributed by atoms with Crippen molar-refractivity contribution in [2.24, 2.45) is 0 Å². The molecule has 0 spiro atoms. The highest BCUT2D eigenvalue weighted by Crippen LogP contribution is 2.26. The summed E-state index contributed by atoms with van der Waals surface area (Å²) in [5, 5.41) is 4.76. The lowest BCUT2D eigenvalue weighted by Crippen LogP contribution is -2.34. The van der Waals surface area contributed by atoms with Gasteiger partial charge in [-0.05, 0) is 23.8 Å². The molecule has 2 aromatic carbocycles. The fraction of sp³-hybridized carbons (Fsp3) is 0.250. The van der Waals surface area contributed by atoms with Crippen molar-refractivity contribution >= 4 is 29.7 Å². The van der Waals surface area contributed by atoms with Crippen LogP contribution in [0.2, 0.25) is 0 Å². The Kier molecular flexibility index (Phi) is 6.68. The van der Waals surface area contributed by atoms with E-state index in [9.17, 15) is 18.8 Å². The monoisotopic (exact) mass is 417 g/mol. The molecule has 0 aliphatic carbocycles. The minimum Gasteiger partial charge on any atom is -0.453 e. The van der Waals surface area contributed by atoms with E-state index in [0.29, 0.717) is 0 Å². The molecule has 1 fully saturated rings. The number of halogens is 1. The van der Waals surface area contributed by atoms with Crippen molar-refractivity contribution in [1.82, 2.24) is 5.32 Å². The molecule has 1 saturated heterocycles. The first-order valence-corrected chi connectivity index (χ1v) is 9.03. The van der Waals surface area contributed by atoms with Gasteiger partial charge in [0, 0.05) is 0 Å². The summed E-state index contributed by atoms with van der Waals surface area (Å²) in [5.41, 5.74) is 0.960. The van der Waals surface area contributed by atoms with Gasteiger partial charge in [-0.3, -0.25) is 10.2 Å². The quantitative estimate of drug-likeness (QED) is 0.699. The van der Waals surface area contributed by atoms with Crippen LogP contribution in [0.3, 0.4) is 0 Å². The van der Waals surface area contributed by atoms with Gasteiger partial charge in [-0.25, -0.2) is 18.8 Å². The van der Waals surface area contributed by atoms with E-state index in [2.05, 4.69) is 15.4 Å². The Hall–Kier alpha value is -3.82. The van der Waals surface area contributed by atoms with E-state index in [-0.39, 0.29) is 31.1 Å². The van der Waals surface area contributed by atoms with E-state index < -0.39 is 30.2 Å². The fourth-order valence-corrected chi connectivity index (χ4v) is 2.75. The van der Waals surface area contributed by atoms with Gasteiger partial charge >= 0.3 is 18.3 Å². The number of nitrogens with zero attached hydrogens (tertiary/aromatic N) is 1. The molecule has 3 amide bonds. The molecule has 1 atom stereocenters. The number of carbonyl (C=O) groups excluding carboxylic acids is 3. The zero-order valence-corrected chi connectivity index (χ0v) is 16.1. The number of carbonyl (C=O) groups is 3. The van der Waals surface area contributed by atoms with Gasteiger partial charge in [-0.15, -0.1) is 0 Å². The smallest absolute Gasteiger partial charge is 0.414 e. The van der Waals surface area contributed by atoms with Gasteiger partial charge in [0.25, 0.3) is 0 Å². The summed E-state index contributed by atoms with van der Waals surface area (Å²) in [7, 11) is 1.22. The van der Waals surface area contributed by atoms with Crippen LogP contribution in [0.25, 0.3) is 0 Å². The van der Waals surface area contributed by atoms with E-state index in [1.54, 1.807) is 12.1 Å². The molecule has 2 N–H and O–H groups in total. The van der Waals surface area contributed by atoms with Crippen LogP contribution in [-0.2, 0) is 20.8 Å². The Balaban J connectivity index is 1.56. The lowest BCUT2D eigenvalue weighted by atomic mass is 10.2. The SMILES string of the molecule is COC(=O)NCC1CN(c2ccc(NC(=O)OCc3ccccc3)c(F)c2)C(=O)O1. The van der Waals surface area contributed by atoms with Crippen molar-refractivity contribution in [3.05, 3.63) is 59.9 Å². The standard InChI is InChI=1S/C20H20FN3O6/c1-28-18(25)22-10-15-11-24(20(27)30-15)14-7-8-17(16(21)9-14)23-19(26)29-12-13-5-3-2-4-6-13/h2-9,15H,10-12H2,1H3,(H,22,25)(H,23,26). The van der Waals surface area contributed by atoms with Crippen molar-refractivity contribution in [2.75, 3.05) is 30.4 Å². The minimum absolute atomic E-state index is 0.0486. The number of methoxy groups -OCH3 is 1. The number of hydrogen-bond acceptors (Lipinski definition) is 6. The molecule has 9 nitrogen and oxygen atoms in total. The number of hydrogen-bond donors (Lipinski definition) is 2. The predicted molar refractivity (Wildman–Crippen MR) is 105 cm³/mol. The molecule has 2 aromatic rings. The van der Waals surface area contributed by atoms with E-state index in [0.717, 1.165) is 11.6 Å². The molecule has 30 heavy (non-hydrogen) atoms. The molecule has 0 aromatic heterocycles. The molecule has 0 bridgehead atoms. The number of amides is 3. The average molecular weight is 417 g/mol. The number of cyclic esters (lactones) is 1. The van der Waals surface area contributed by atoms with Crippen LogP contribution in [-0.4, -0.2) is 44.6 Å². The second-order valence-electron chi connectivity index (χ2n) is 6.34. The maximum Gasteiger partial charge on any atom is 0.414 e. The first kappa shape index (κ1) is 20.9. The summed E-state index contributed by atoms with van der Waals surface area (Å²) in [4.78, 5) is 36.3. The maximum atomic E-state index is 14.4. The van der Waals surface area contributed by atoms with Crippen LogP contribution >= 0.6 is 0 Å². The molecule has 1 unspecified atom stereocenters. The van der Waals surface area contributed by atoms with Gasteiger partial charge in [0.05, 0.1) is 31.6 Å². The number of anilines is 2. The molecule has 158 valence electrons. The van der Waals surface area contributed by atoms with Crippen molar-refractivity contribution < 1.29 is 33.0 Å². The van der Waals surface area contributed by atoms with Gasteiger partial charge < -0.3 is 19.5 Å². The Labute approximate surface area is 171 Å². The first-order chi connectivity index (χ1) is 14.5. The van der Waals surface area contributed by atoms with E-state index in [1.807, 2.05) is 18.2 Å². The lowest BCUT2D eigenvalue weighted by Gasteiger charge is -2.15. The first-order valence-electron chi connectivity index (χ1n) is 9.03. The third-order valence-electron chi connectivity index (χ3n) is 4.25. The Bertz CT molecular complexity index is 924. The molecule has 1 aliphatic heterocycles. The second-order valence-corrected chi connectivity index (χ2v) is 6.34. The maximum absolute atomic E-state index is 14.4. The number of ether oxygens (including phenoxy) is 3. The van der Waals surface area contributed by atoms with E-state index in [4.69, 9.17) is 9.47 Å². The van der Waals surface area contributed by atoms with Crippen LogP contribution in [0.1, 0.15) is 5.56 Å². The fourth-order valence-electron chi connectivity index (χ4n) is 2.75. The van der Waals surface area contributed by atoms with Gasteiger partial charge in [-0.2, -0.15) is 0 Å². The number of nitrogens with one attached hydrogen (secondary N) is 2. The molecular formula is C20H20FN3O6. The highest BCUT2D eigenvalue weighted by Gasteiger charge is 2.33. The molecule has 0 saturated carbocycles.